The molecule has 1 aliphatic carbocycles. The number of aromatic nitrogens is 1. The van der Waals surface area contributed by atoms with Crippen molar-refractivity contribution in [3.63, 3.8) is 0 Å². The molecule has 1 unspecified atom stereocenters. The van der Waals surface area contributed by atoms with E-state index in [0.717, 1.165) is 42.4 Å². The summed E-state index contributed by atoms with van der Waals surface area (Å²) in [6.45, 7) is 4.57. The average Bonchev–Trinajstić information content (AvgIpc) is 3.35. The van der Waals surface area contributed by atoms with Crippen molar-refractivity contribution in [2.75, 3.05) is 19.1 Å². The number of benzene rings is 1. The molecule has 0 radical (unpaired) electrons. The Morgan fingerprint density at radius 2 is 2.19 bits per heavy atom. The zero-order valence-electron chi connectivity index (χ0n) is 15.9. The third kappa shape index (κ3) is 4.24. The second-order valence-electron chi connectivity index (χ2n) is 6.86. The van der Waals surface area contributed by atoms with E-state index < -0.39 is 0 Å². The van der Waals surface area contributed by atoms with E-state index in [0.29, 0.717) is 12.1 Å². The Labute approximate surface area is 159 Å². The molecule has 3 rings (SSSR count). The van der Waals surface area contributed by atoms with Crippen molar-refractivity contribution in [1.82, 2.24) is 9.88 Å². The number of hydrogen-bond donors (Lipinski definition) is 0. The van der Waals surface area contributed by atoms with Crippen LogP contribution in [0.25, 0.3) is 0 Å². The lowest BCUT2D eigenvalue weighted by Gasteiger charge is -2.27. The summed E-state index contributed by atoms with van der Waals surface area (Å²) in [5.41, 5.74) is 2.26. The van der Waals surface area contributed by atoms with Gasteiger partial charge in [0.15, 0.2) is 5.13 Å². The maximum absolute atomic E-state index is 11.9. The van der Waals surface area contributed by atoms with Gasteiger partial charge in [-0.25, -0.2) is 4.98 Å². The minimum Gasteiger partial charge on any atom is -0.497 e. The first kappa shape index (κ1) is 18.9. The molecule has 1 saturated carbocycles. The second kappa shape index (κ2) is 8.18. The fourth-order valence-electron chi connectivity index (χ4n) is 3.38. The summed E-state index contributed by atoms with van der Waals surface area (Å²) in [4.78, 5) is 20.8. The summed E-state index contributed by atoms with van der Waals surface area (Å²) in [7, 11) is 3.82. The largest absolute Gasteiger partial charge is 0.497 e. The standard InChI is InChI=1S/C20H27N3O2S/c1-5-19(15-7-6-8-18(11-15)25-4)22(3)12-16-13-26-20(21-16)23(14(2)24)17-9-10-17/h6-8,11,13,17,19H,5,9-10,12H2,1-4H3. The van der Waals surface area contributed by atoms with Crippen molar-refractivity contribution < 1.29 is 9.53 Å². The van der Waals surface area contributed by atoms with Crippen LogP contribution in [-0.2, 0) is 11.3 Å². The third-order valence-electron chi connectivity index (χ3n) is 4.81. The molecule has 2 aromatic rings. The van der Waals surface area contributed by atoms with Gasteiger partial charge in [0.2, 0.25) is 5.91 Å². The molecule has 1 aliphatic rings. The molecular weight excluding hydrogens is 346 g/mol. The normalized spacial score (nSPS) is 15.1. The molecule has 1 amide bonds. The number of anilines is 1. The summed E-state index contributed by atoms with van der Waals surface area (Å²) >= 11 is 1.56. The van der Waals surface area contributed by atoms with E-state index in [1.54, 1.807) is 25.4 Å². The lowest BCUT2D eigenvalue weighted by atomic mass is 10.0. The van der Waals surface area contributed by atoms with Crippen LogP contribution in [0.15, 0.2) is 29.6 Å². The molecule has 1 heterocycles. The molecule has 1 atom stereocenters. The number of hydrogen-bond acceptors (Lipinski definition) is 5. The molecule has 6 heteroatoms. The Bertz CT molecular complexity index is 757. The molecule has 1 fully saturated rings. The molecule has 0 aliphatic heterocycles. The molecule has 0 N–H and O–H groups in total. The quantitative estimate of drug-likeness (QED) is 0.694. The summed E-state index contributed by atoms with van der Waals surface area (Å²) in [6, 6.07) is 8.89. The summed E-state index contributed by atoms with van der Waals surface area (Å²) < 4.78 is 5.36. The van der Waals surface area contributed by atoms with Crippen LogP contribution in [0.2, 0.25) is 0 Å². The number of ether oxygens (including phenoxy) is 1. The highest BCUT2D eigenvalue weighted by atomic mass is 32.1. The van der Waals surface area contributed by atoms with Crippen molar-refractivity contribution >= 4 is 22.4 Å². The number of rotatable bonds is 8. The summed E-state index contributed by atoms with van der Waals surface area (Å²) in [5, 5.41) is 2.90. The Kier molecular flexibility index (Phi) is 5.94. The first-order valence-electron chi connectivity index (χ1n) is 9.11. The van der Waals surface area contributed by atoms with E-state index in [1.807, 2.05) is 17.0 Å². The molecule has 1 aromatic carbocycles. The highest BCUT2D eigenvalue weighted by Gasteiger charge is 2.33. The van der Waals surface area contributed by atoms with E-state index in [-0.39, 0.29) is 5.91 Å². The molecule has 0 saturated heterocycles. The van der Waals surface area contributed by atoms with E-state index in [1.165, 1.54) is 5.56 Å². The summed E-state index contributed by atoms with van der Waals surface area (Å²) in [5.74, 6) is 0.969. The van der Waals surface area contributed by atoms with Crippen LogP contribution in [0.1, 0.15) is 50.4 Å². The van der Waals surface area contributed by atoms with E-state index in [2.05, 4.69) is 36.4 Å². The predicted octanol–water partition coefficient (Wildman–Crippen LogP) is 4.25. The van der Waals surface area contributed by atoms with Gasteiger partial charge in [0, 0.05) is 30.9 Å². The van der Waals surface area contributed by atoms with E-state index in [9.17, 15) is 4.79 Å². The van der Waals surface area contributed by atoms with Crippen molar-refractivity contribution in [3.05, 3.63) is 40.9 Å². The van der Waals surface area contributed by atoms with Crippen molar-refractivity contribution in [2.24, 2.45) is 0 Å². The maximum Gasteiger partial charge on any atom is 0.225 e. The first-order valence-corrected chi connectivity index (χ1v) is 9.99. The highest BCUT2D eigenvalue weighted by Crippen LogP contribution is 2.34. The van der Waals surface area contributed by atoms with Crippen LogP contribution in [0.4, 0.5) is 5.13 Å². The van der Waals surface area contributed by atoms with Crippen molar-refractivity contribution in [3.8, 4) is 5.75 Å². The number of thiazole rings is 1. The number of nitrogens with zero attached hydrogens (tertiary/aromatic N) is 3. The Morgan fingerprint density at radius 3 is 2.81 bits per heavy atom. The van der Waals surface area contributed by atoms with E-state index >= 15 is 0 Å². The van der Waals surface area contributed by atoms with Crippen molar-refractivity contribution in [1.29, 1.82) is 0 Å². The van der Waals surface area contributed by atoms with Gasteiger partial charge in [0.05, 0.1) is 12.8 Å². The monoisotopic (exact) mass is 373 g/mol. The lowest BCUT2D eigenvalue weighted by molar-refractivity contribution is -0.116. The fourth-order valence-corrected chi connectivity index (χ4v) is 4.31. The second-order valence-corrected chi connectivity index (χ2v) is 7.69. The van der Waals surface area contributed by atoms with Crippen LogP contribution in [-0.4, -0.2) is 36.0 Å². The van der Waals surface area contributed by atoms with Gasteiger partial charge in [-0.05, 0) is 44.0 Å². The smallest absolute Gasteiger partial charge is 0.225 e. The zero-order chi connectivity index (χ0) is 18.7. The molecule has 26 heavy (non-hydrogen) atoms. The van der Waals surface area contributed by atoms with Gasteiger partial charge in [-0.2, -0.15) is 0 Å². The third-order valence-corrected chi connectivity index (χ3v) is 5.69. The highest BCUT2D eigenvalue weighted by molar-refractivity contribution is 7.14. The fraction of sp³-hybridized carbons (Fsp3) is 0.500. The Balaban J connectivity index is 1.72. The van der Waals surface area contributed by atoms with E-state index in [4.69, 9.17) is 9.72 Å². The van der Waals surface area contributed by atoms with Gasteiger partial charge in [-0.15, -0.1) is 11.3 Å². The van der Waals surface area contributed by atoms with Crippen LogP contribution < -0.4 is 9.64 Å². The van der Waals surface area contributed by atoms with Crippen LogP contribution in [0.3, 0.4) is 0 Å². The van der Waals surface area contributed by atoms with Crippen LogP contribution in [0, 0.1) is 0 Å². The molecule has 140 valence electrons. The molecule has 1 aromatic heterocycles. The average molecular weight is 374 g/mol. The number of amides is 1. The topological polar surface area (TPSA) is 45.7 Å². The Hall–Kier alpha value is -1.92. The molecule has 0 bridgehead atoms. The minimum absolute atomic E-state index is 0.0876. The van der Waals surface area contributed by atoms with Gasteiger partial charge in [0.25, 0.3) is 0 Å². The minimum atomic E-state index is 0.0876. The van der Waals surface area contributed by atoms with Gasteiger partial charge >= 0.3 is 0 Å². The number of methoxy groups -OCH3 is 1. The maximum atomic E-state index is 11.9. The van der Waals surface area contributed by atoms with Crippen LogP contribution >= 0.6 is 11.3 Å². The van der Waals surface area contributed by atoms with Crippen molar-refractivity contribution in [2.45, 2.75) is 51.7 Å². The van der Waals surface area contributed by atoms with Gasteiger partial charge < -0.3 is 4.74 Å². The number of carbonyl (C=O) groups is 1. The van der Waals surface area contributed by atoms with Gasteiger partial charge in [-0.1, -0.05) is 19.1 Å². The molecule has 5 nitrogen and oxygen atoms in total. The predicted molar refractivity (Wildman–Crippen MR) is 106 cm³/mol. The van der Waals surface area contributed by atoms with Gasteiger partial charge in [-0.3, -0.25) is 14.6 Å². The SMILES string of the molecule is CCC(c1cccc(OC)c1)N(C)Cc1csc(N(C(C)=O)C2CC2)n1. The Morgan fingerprint density at radius 1 is 1.42 bits per heavy atom. The number of carbonyl (C=O) groups excluding carboxylic acids is 1. The summed E-state index contributed by atoms with van der Waals surface area (Å²) in [6.07, 6.45) is 3.17. The molecular formula is C20H27N3O2S. The lowest BCUT2D eigenvalue weighted by Crippen LogP contribution is -2.30. The van der Waals surface area contributed by atoms with Crippen LogP contribution in [0.5, 0.6) is 5.75 Å². The first-order chi connectivity index (χ1) is 12.5. The molecule has 0 spiro atoms. The zero-order valence-corrected chi connectivity index (χ0v) is 16.8. The van der Waals surface area contributed by atoms with Gasteiger partial charge in [0.1, 0.15) is 5.75 Å².